The average Bonchev–Trinajstić information content (AvgIpc) is 2.59. The molecular formula is C18H33N3O6S. The third-order valence-electron chi connectivity index (χ3n) is 4.59. The molecule has 0 fully saturated rings. The second-order valence-electron chi connectivity index (χ2n) is 7.46. The zero-order valence-corrected chi connectivity index (χ0v) is 18.6. The van der Waals surface area contributed by atoms with E-state index >= 15 is 0 Å². The second-order valence-corrected chi connectivity index (χ2v) is 9.85. The molecular weight excluding hydrogens is 386 g/mol. The minimum atomic E-state index is -4.18. The lowest BCUT2D eigenvalue weighted by atomic mass is 9.83. The molecule has 9 nitrogen and oxygen atoms in total. The van der Waals surface area contributed by atoms with E-state index in [4.69, 9.17) is 0 Å². The molecule has 0 aromatic heterocycles. The van der Waals surface area contributed by atoms with Gasteiger partial charge in [-0.15, -0.1) is 0 Å². The van der Waals surface area contributed by atoms with Crippen molar-refractivity contribution in [3.8, 4) is 0 Å². The molecule has 2 atom stereocenters. The number of nitrogens with zero attached hydrogens (tertiary/aromatic N) is 2. The van der Waals surface area contributed by atoms with Crippen molar-refractivity contribution in [3.63, 3.8) is 0 Å². The highest BCUT2D eigenvalue weighted by atomic mass is 32.2. The predicted octanol–water partition coefficient (Wildman–Crippen LogP) is 1.78. The van der Waals surface area contributed by atoms with Crippen molar-refractivity contribution in [1.82, 2.24) is 15.3 Å². The fourth-order valence-electron chi connectivity index (χ4n) is 2.84. The normalized spacial score (nSPS) is 14.8. The van der Waals surface area contributed by atoms with Crippen LogP contribution in [0.3, 0.4) is 0 Å². The van der Waals surface area contributed by atoms with E-state index in [1.165, 1.54) is 14.0 Å². The second kappa shape index (κ2) is 10.0. The van der Waals surface area contributed by atoms with Crippen LogP contribution < -0.4 is 5.32 Å². The molecule has 0 spiro atoms. The standard InChI is InChI=1S/C18H33N3O6S/c1-9-10-20(17(24)19-7)15(22)14(11-12(2)3)18(6,28(8,26)27)16(23)21(25)13(4)5/h12,14,25H,4,9-11H2,1-3,5-8H3,(H,19,24)/t14-,18+/m1/s1. The minimum absolute atomic E-state index is 0.0232. The van der Waals surface area contributed by atoms with Gasteiger partial charge in [0.05, 0.1) is 5.92 Å². The van der Waals surface area contributed by atoms with Gasteiger partial charge in [-0.3, -0.25) is 19.7 Å². The summed E-state index contributed by atoms with van der Waals surface area (Å²) in [7, 11) is -2.83. The molecule has 2 N–H and O–H groups in total. The van der Waals surface area contributed by atoms with Gasteiger partial charge in [-0.05, 0) is 32.6 Å². The summed E-state index contributed by atoms with van der Waals surface area (Å²) in [5, 5.41) is 12.6. The summed E-state index contributed by atoms with van der Waals surface area (Å²) < 4.78 is 23.1. The minimum Gasteiger partial charge on any atom is -0.341 e. The van der Waals surface area contributed by atoms with Crippen LogP contribution in [0.2, 0.25) is 0 Å². The highest BCUT2D eigenvalue weighted by Crippen LogP contribution is 2.35. The molecule has 0 saturated carbocycles. The number of rotatable bonds is 9. The molecule has 10 heteroatoms. The number of hydrogen-bond donors (Lipinski definition) is 2. The molecule has 0 aliphatic heterocycles. The van der Waals surface area contributed by atoms with Gasteiger partial charge in [-0.1, -0.05) is 27.4 Å². The van der Waals surface area contributed by atoms with Gasteiger partial charge in [0.2, 0.25) is 5.91 Å². The van der Waals surface area contributed by atoms with Crippen molar-refractivity contribution in [2.75, 3.05) is 19.8 Å². The predicted molar refractivity (Wildman–Crippen MR) is 106 cm³/mol. The number of amides is 4. The van der Waals surface area contributed by atoms with Crippen molar-refractivity contribution in [1.29, 1.82) is 0 Å². The van der Waals surface area contributed by atoms with E-state index < -0.39 is 38.3 Å². The van der Waals surface area contributed by atoms with Crippen molar-refractivity contribution in [2.24, 2.45) is 11.8 Å². The van der Waals surface area contributed by atoms with Gasteiger partial charge in [-0.25, -0.2) is 13.2 Å². The number of sulfone groups is 1. The molecule has 162 valence electrons. The van der Waals surface area contributed by atoms with Crippen LogP contribution in [-0.4, -0.2) is 66.0 Å². The van der Waals surface area contributed by atoms with E-state index in [1.807, 2.05) is 0 Å². The number of imide groups is 1. The summed E-state index contributed by atoms with van der Waals surface area (Å²) in [5.41, 5.74) is -0.0904. The Morgan fingerprint density at radius 2 is 1.75 bits per heavy atom. The number of urea groups is 1. The fraction of sp³-hybridized carbons (Fsp3) is 0.722. The zero-order valence-electron chi connectivity index (χ0n) is 17.8. The summed E-state index contributed by atoms with van der Waals surface area (Å²) in [5.74, 6) is -3.51. The molecule has 4 amide bonds. The first-order valence-corrected chi connectivity index (χ1v) is 11.0. The van der Waals surface area contributed by atoms with Crippen LogP contribution in [0.4, 0.5) is 4.79 Å². The maximum atomic E-state index is 13.3. The Kier molecular flexibility index (Phi) is 9.32. The molecule has 0 heterocycles. The molecule has 0 aliphatic carbocycles. The van der Waals surface area contributed by atoms with Gasteiger partial charge in [0.25, 0.3) is 5.91 Å². The molecule has 0 aromatic carbocycles. The summed E-state index contributed by atoms with van der Waals surface area (Å²) in [4.78, 5) is 39.4. The van der Waals surface area contributed by atoms with Gasteiger partial charge in [-0.2, -0.15) is 5.06 Å². The van der Waals surface area contributed by atoms with Gasteiger partial charge in [0.1, 0.15) is 0 Å². The summed E-state index contributed by atoms with van der Waals surface area (Å²) >= 11 is 0. The highest BCUT2D eigenvalue weighted by molar-refractivity contribution is 7.92. The first-order chi connectivity index (χ1) is 12.7. The molecule has 28 heavy (non-hydrogen) atoms. The van der Waals surface area contributed by atoms with Gasteiger partial charge in [0.15, 0.2) is 14.6 Å². The molecule has 0 aromatic rings. The molecule has 0 unspecified atom stereocenters. The SMILES string of the molecule is C=C(C)N(O)C(=O)[C@](C)([C@H](CC(C)C)C(=O)N(CCC)C(=O)NC)S(C)(=O)=O. The third kappa shape index (κ3) is 5.54. The zero-order chi connectivity index (χ0) is 22.4. The van der Waals surface area contributed by atoms with E-state index in [0.29, 0.717) is 6.42 Å². The van der Waals surface area contributed by atoms with Crippen LogP contribution in [0.5, 0.6) is 0 Å². The Morgan fingerprint density at radius 3 is 2.07 bits per heavy atom. The van der Waals surface area contributed by atoms with E-state index in [1.54, 1.807) is 20.8 Å². The van der Waals surface area contributed by atoms with Crippen molar-refractivity contribution in [3.05, 3.63) is 12.3 Å². The quantitative estimate of drug-likeness (QED) is 0.434. The lowest BCUT2D eigenvalue weighted by Crippen LogP contribution is -2.60. The Balaban J connectivity index is 6.64. The van der Waals surface area contributed by atoms with Crippen LogP contribution in [-0.2, 0) is 19.4 Å². The first-order valence-electron chi connectivity index (χ1n) is 9.08. The largest absolute Gasteiger partial charge is 0.341 e. The number of nitrogens with one attached hydrogen (secondary N) is 1. The van der Waals surface area contributed by atoms with E-state index in [2.05, 4.69) is 11.9 Å². The molecule has 0 radical (unpaired) electrons. The van der Waals surface area contributed by atoms with Crippen LogP contribution in [0.25, 0.3) is 0 Å². The number of carbonyl (C=O) groups excluding carboxylic acids is 3. The number of allylic oxidation sites excluding steroid dienone is 1. The average molecular weight is 420 g/mol. The topological polar surface area (TPSA) is 124 Å². The summed E-state index contributed by atoms with van der Waals surface area (Å²) in [6.45, 7) is 11.2. The van der Waals surface area contributed by atoms with Crippen LogP contribution >= 0.6 is 0 Å². The smallest absolute Gasteiger partial charge is 0.323 e. The van der Waals surface area contributed by atoms with Crippen LogP contribution in [0.1, 0.15) is 47.5 Å². The van der Waals surface area contributed by atoms with Crippen molar-refractivity contribution < 1.29 is 28.0 Å². The van der Waals surface area contributed by atoms with E-state index in [-0.39, 0.29) is 29.6 Å². The Bertz CT molecular complexity index is 719. The lowest BCUT2D eigenvalue weighted by Gasteiger charge is -2.38. The summed E-state index contributed by atoms with van der Waals surface area (Å²) in [6.07, 6.45) is 1.31. The van der Waals surface area contributed by atoms with Crippen molar-refractivity contribution in [2.45, 2.75) is 52.2 Å². The maximum Gasteiger partial charge on any atom is 0.323 e. The third-order valence-corrected chi connectivity index (χ3v) is 6.59. The Morgan fingerprint density at radius 1 is 1.25 bits per heavy atom. The first kappa shape index (κ1) is 26.1. The van der Waals surface area contributed by atoms with E-state index in [0.717, 1.165) is 18.1 Å². The number of carbonyl (C=O) groups is 3. The molecule has 0 rings (SSSR count). The van der Waals surface area contributed by atoms with Crippen LogP contribution in [0.15, 0.2) is 12.3 Å². The Labute approximate surface area is 167 Å². The highest BCUT2D eigenvalue weighted by Gasteiger charge is 2.56. The monoisotopic (exact) mass is 419 g/mol. The van der Waals surface area contributed by atoms with Gasteiger partial charge >= 0.3 is 6.03 Å². The van der Waals surface area contributed by atoms with Crippen molar-refractivity contribution >= 4 is 27.7 Å². The van der Waals surface area contributed by atoms with Crippen LogP contribution in [0, 0.1) is 11.8 Å². The maximum absolute atomic E-state index is 13.3. The molecule has 0 saturated heterocycles. The van der Waals surface area contributed by atoms with Gasteiger partial charge < -0.3 is 5.32 Å². The number of hydrogen-bond acceptors (Lipinski definition) is 6. The molecule has 0 aliphatic rings. The van der Waals surface area contributed by atoms with E-state index in [9.17, 15) is 28.0 Å². The Hall–Kier alpha value is -1.94. The fourth-order valence-corrected chi connectivity index (χ4v) is 3.96. The van der Waals surface area contributed by atoms with Gasteiger partial charge in [0, 0.05) is 25.5 Å². The number of hydroxylamine groups is 2. The lowest BCUT2D eigenvalue weighted by molar-refractivity contribution is -0.163. The molecule has 0 bridgehead atoms. The summed E-state index contributed by atoms with van der Waals surface area (Å²) in [6, 6.07) is -0.690.